The number of carbonyl (C=O) groups excluding carboxylic acids is 2. The lowest BCUT2D eigenvalue weighted by Gasteiger charge is -2.22. The fraction of sp³-hybridized carbons (Fsp3) is 0.667. The van der Waals surface area contributed by atoms with Crippen LogP contribution in [0.2, 0.25) is 0 Å². The van der Waals surface area contributed by atoms with Crippen molar-refractivity contribution in [1.29, 1.82) is 5.26 Å². The van der Waals surface area contributed by atoms with E-state index in [4.69, 9.17) is 5.26 Å². The number of nitrogens with zero attached hydrogens (tertiary/aromatic N) is 2. The third-order valence-corrected chi connectivity index (χ3v) is 2.08. The second kappa shape index (κ2) is 6.79. The Balaban J connectivity index is 4.08. The van der Waals surface area contributed by atoms with E-state index in [0.717, 1.165) is 0 Å². The van der Waals surface area contributed by atoms with Gasteiger partial charge < -0.3 is 5.32 Å². The molecule has 0 aromatic rings. The topological polar surface area (TPSA) is 85.2 Å². The van der Waals surface area contributed by atoms with E-state index in [1.807, 2.05) is 6.07 Å². The van der Waals surface area contributed by atoms with E-state index >= 15 is 0 Å². The molecule has 0 bridgehead atoms. The van der Waals surface area contributed by atoms with Crippen LogP contribution in [0.1, 0.15) is 13.3 Å². The van der Waals surface area contributed by atoms with Gasteiger partial charge in [0.05, 0.1) is 12.1 Å². The number of hydrogen-bond acceptors (Lipinski definition) is 4. The zero-order valence-corrected chi connectivity index (χ0v) is 9.20. The zero-order valence-electron chi connectivity index (χ0n) is 9.20. The minimum absolute atomic E-state index is 0.355. The van der Waals surface area contributed by atoms with Crippen molar-refractivity contribution < 1.29 is 9.59 Å². The highest BCUT2D eigenvalue weighted by atomic mass is 16.2. The molecule has 0 radical (unpaired) electrons. The molecule has 0 aliphatic carbocycles. The number of carbonyl (C=O) groups is 2. The van der Waals surface area contributed by atoms with Gasteiger partial charge in [-0.2, -0.15) is 5.26 Å². The molecule has 0 aliphatic heterocycles. The van der Waals surface area contributed by atoms with Crippen LogP contribution in [0.25, 0.3) is 0 Å². The molecular formula is C9H16N4O2. The van der Waals surface area contributed by atoms with E-state index in [2.05, 4.69) is 10.6 Å². The van der Waals surface area contributed by atoms with Gasteiger partial charge in [-0.1, -0.05) is 0 Å². The lowest BCUT2D eigenvalue weighted by atomic mass is 10.2. The Morgan fingerprint density at radius 2 is 2.13 bits per heavy atom. The highest BCUT2D eigenvalue weighted by molar-refractivity contribution is 5.96. The Bertz CT molecular complexity index is 272. The third-order valence-electron chi connectivity index (χ3n) is 2.08. The molecule has 0 aromatic carbocycles. The van der Waals surface area contributed by atoms with Gasteiger partial charge in [0.1, 0.15) is 0 Å². The molecule has 0 rings (SSSR count). The second-order valence-corrected chi connectivity index (χ2v) is 3.13. The van der Waals surface area contributed by atoms with Gasteiger partial charge in [0.15, 0.2) is 0 Å². The van der Waals surface area contributed by atoms with Crippen molar-refractivity contribution in [1.82, 2.24) is 15.5 Å². The Hall–Kier alpha value is -1.61. The fourth-order valence-corrected chi connectivity index (χ4v) is 0.899. The van der Waals surface area contributed by atoms with Crippen LogP contribution in [-0.2, 0) is 4.79 Å². The van der Waals surface area contributed by atoms with Crippen molar-refractivity contribution in [2.24, 2.45) is 0 Å². The quantitative estimate of drug-likeness (QED) is 0.668. The van der Waals surface area contributed by atoms with E-state index in [1.165, 1.54) is 7.05 Å². The number of nitrogens with one attached hydrogen (secondary N) is 2. The molecular weight excluding hydrogens is 196 g/mol. The Morgan fingerprint density at radius 3 is 2.60 bits per heavy atom. The highest BCUT2D eigenvalue weighted by Crippen LogP contribution is 1.96. The van der Waals surface area contributed by atoms with Crippen LogP contribution in [0, 0.1) is 11.3 Å². The van der Waals surface area contributed by atoms with E-state index in [9.17, 15) is 9.59 Å². The standard InChI is InChI=1S/C9H16N4O2/c1-7(13(3)6-4-5-10)8(14)12-9(15)11-2/h7H,4,6H2,1-3H3,(H2,11,12,14,15). The van der Waals surface area contributed by atoms with Crippen molar-refractivity contribution in [3.63, 3.8) is 0 Å². The van der Waals surface area contributed by atoms with Crippen molar-refractivity contribution in [3.8, 4) is 6.07 Å². The largest absolute Gasteiger partial charge is 0.341 e. The van der Waals surface area contributed by atoms with Crippen LogP contribution in [0.5, 0.6) is 0 Å². The summed E-state index contributed by atoms with van der Waals surface area (Å²) in [7, 11) is 3.16. The van der Waals surface area contributed by atoms with E-state index in [1.54, 1.807) is 18.9 Å². The lowest BCUT2D eigenvalue weighted by Crippen LogP contribution is -2.48. The van der Waals surface area contributed by atoms with Gasteiger partial charge >= 0.3 is 6.03 Å². The molecule has 6 heteroatoms. The maximum atomic E-state index is 11.4. The van der Waals surface area contributed by atoms with Gasteiger partial charge in [0.25, 0.3) is 0 Å². The summed E-state index contributed by atoms with van der Waals surface area (Å²) >= 11 is 0. The summed E-state index contributed by atoms with van der Waals surface area (Å²) in [5, 5.41) is 12.8. The Kier molecular flexibility index (Phi) is 6.06. The van der Waals surface area contributed by atoms with Crippen molar-refractivity contribution in [2.45, 2.75) is 19.4 Å². The van der Waals surface area contributed by atoms with Crippen LogP contribution in [0.4, 0.5) is 4.79 Å². The molecule has 0 fully saturated rings. The van der Waals surface area contributed by atoms with Crippen molar-refractivity contribution >= 4 is 11.9 Å². The SMILES string of the molecule is CNC(=O)NC(=O)C(C)N(C)CCC#N. The molecule has 0 heterocycles. The van der Waals surface area contributed by atoms with Gasteiger partial charge in [-0.05, 0) is 14.0 Å². The summed E-state index contributed by atoms with van der Waals surface area (Å²) in [6.07, 6.45) is 0.355. The monoisotopic (exact) mass is 212 g/mol. The summed E-state index contributed by atoms with van der Waals surface area (Å²) in [5.74, 6) is -0.380. The van der Waals surface area contributed by atoms with Crippen LogP contribution >= 0.6 is 0 Å². The average Bonchev–Trinajstić information content (AvgIpc) is 2.24. The number of urea groups is 1. The maximum Gasteiger partial charge on any atom is 0.321 e. The molecule has 1 atom stereocenters. The third kappa shape index (κ3) is 4.98. The van der Waals surface area contributed by atoms with Gasteiger partial charge in [0, 0.05) is 20.0 Å². The first-order valence-electron chi connectivity index (χ1n) is 4.62. The highest BCUT2D eigenvalue weighted by Gasteiger charge is 2.18. The number of likely N-dealkylation sites (N-methyl/N-ethyl adjacent to an activating group) is 1. The smallest absolute Gasteiger partial charge is 0.321 e. The van der Waals surface area contributed by atoms with Gasteiger partial charge in [0.2, 0.25) is 5.91 Å². The second-order valence-electron chi connectivity index (χ2n) is 3.13. The lowest BCUT2D eigenvalue weighted by molar-refractivity contribution is -0.124. The predicted octanol–water partition coefficient (Wildman–Crippen LogP) is -0.324. The predicted molar refractivity (Wildman–Crippen MR) is 54.9 cm³/mol. The normalized spacial score (nSPS) is 11.7. The minimum Gasteiger partial charge on any atom is -0.341 e. The van der Waals surface area contributed by atoms with E-state index in [-0.39, 0.29) is 5.91 Å². The van der Waals surface area contributed by atoms with E-state index < -0.39 is 12.1 Å². The average molecular weight is 212 g/mol. The van der Waals surface area contributed by atoms with Gasteiger partial charge in [-0.25, -0.2) is 4.79 Å². The Labute approximate surface area is 89.2 Å². The molecule has 84 valence electrons. The molecule has 2 N–H and O–H groups in total. The molecule has 1 unspecified atom stereocenters. The zero-order chi connectivity index (χ0) is 11.8. The molecule has 0 saturated heterocycles. The first-order chi connectivity index (χ1) is 7.02. The van der Waals surface area contributed by atoms with Crippen molar-refractivity contribution in [2.75, 3.05) is 20.6 Å². The van der Waals surface area contributed by atoms with Crippen LogP contribution in [-0.4, -0.2) is 43.5 Å². The summed E-state index contributed by atoms with van der Waals surface area (Å²) in [5.41, 5.74) is 0. The summed E-state index contributed by atoms with van der Waals surface area (Å²) in [6.45, 7) is 2.18. The summed E-state index contributed by atoms with van der Waals surface area (Å²) < 4.78 is 0. The molecule has 6 nitrogen and oxygen atoms in total. The molecule has 0 aromatic heterocycles. The van der Waals surface area contributed by atoms with E-state index in [0.29, 0.717) is 13.0 Å². The van der Waals surface area contributed by atoms with Crippen molar-refractivity contribution in [3.05, 3.63) is 0 Å². The number of imide groups is 1. The molecule has 0 saturated carbocycles. The first-order valence-corrected chi connectivity index (χ1v) is 4.62. The number of hydrogen-bond donors (Lipinski definition) is 2. The van der Waals surface area contributed by atoms with Gasteiger partial charge in [-0.3, -0.25) is 15.0 Å². The van der Waals surface area contributed by atoms with Crippen LogP contribution in [0.15, 0.2) is 0 Å². The van der Waals surface area contributed by atoms with Crippen LogP contribution < -0.4 is 10.6 Å². The van der Waals surface area contributed by atoms with Gasteiger partial charge in [-0.15, -0.1) is 0 Å². The molecule has 15 heavy (non-hydrogen) atoms. The minimum atomic E-state index is -0.527. The number of nitriles is 1. The molecule has 3 amide bonds. The first kappa shape index (κ1) is 13.4. The summed E-state index contributed by atoms with van der Waals surface area (Å²) in [4.78, 5) is 24.0. The summed E-state index contributed by atoms with van der Waals surface area (Å²) in [6, 6.07) is 1.03. The number of rotatable bonds is 4. The Morgan fingerprint density at radius 1 is 1.53 bits per heavy atom. The number of amides is 3. The van der Waals surface area contributed by atoms with Crippen LogP contribution in [0.3, 0.4) is 0 Å². The molecule has 0 spiro atoms. The fourth-order valence-electron chi connectivity index (χ4n) is 0.899. The maximum absolute atomic E-state index is 11.4. The molecule has 0 aliphatic rings.